The number of nitrogens with two attached hydrogens (primary N) is 1. The Hall–Kier alpha value is -0.770. The minimum Gasteiger partial charge on any atom is -0.409 e. The standard InChI is InChI=1S/C8H15N3O/c9-7(10-12)8-3-1-5-11(8)6-2-4-8/h12H,1-6H2,(H2,9,10). The summed E-state index contributed by atoms with van der Waals surface area (Å²) in [5, 5.41) is 11.8. The van der Waals surface area contributed by atoms with Gasteiger partial charge in [0, 0.05) is 0 Å². The van der Waals surface area contributed by atoms with E-state index in [1.807, 2.05) is 0 Å². The van der Waals surface area contributed by atoms with Crippen LogP contribution in [0.3, 0.4) is 0 Å². The maximum atomic E-state index is 8.67. The van der Waals surface area contributed by atoms with Gasteiger partial charge in [-0.05, 0) is 38.8 Å². The molecule has 0 radical (unpaired) electrons. The topological polar surface area (TPSA) is 61.9 Å². The van der Waals surface area contributed by atoms with Crippen LogP contribution >= 0.6 is 0 Å². The van der Waals surface area contributed by atoms with Gasteiger partial charge in [-0.15, -0.1) is 0 Å². The van der Waals surface area contributed by atoms with Crippen molar-refractivity contribution in [3.63, 3.8) is 0 Å². The normalized spacial score (nSPS) is 29.2. The summed E-state index contributed by atoms with van der Waals surface area (Å²) < 4.78 is 0. The van der Waals surface area contributed by atoms with E-state index in [0.717, 1.165) is 25.9 Å². The largest absolute Gasteiger partial charge is 0.409 e. The summed E-state index contributed by atoms with van der Waals surface area (Å²) in [7, 11) is 0. The maximum Gasteiger partial charge on any atom is 0.159 e. The zero-order valence-corrected chi connectivity index (χ0v) is 7.16. The van der Waals surface area contributed by atoms with Crippen LogP contribution < -0.4 is 5.73 Å². The van der Waals surface area contributed by atoms with Gasteiger partial charge >= 0.3 is 0 Å². The number of oxime groups is 1. The molecule has 0 spiro atoms. The molecule has 0 amide bonds. The minimum atomic E-state index is -0.0747. The van der Waals surface area contributed by atoms with E-state index in [2.05, 4.69) is 10.1 Å². The monoisotopic (exact) mass is 169 g/mol. The third kappa shape index (κ3) is 0.843. The van der Waals surface area contributed by atoms with Gasteiger partial charge in [-0.25, -0.2) is 0 Å². The zero-order valence-electron chi connectivity index (χ0n) is 7.16. The Bertz CT molecular complexity index is 204. The fourth-order valence-corrected chi connectivity index (χ4v) is 2.62. The molecule has 0 aromatic heterocycles. The predicted octanol–water partition coefficient (Wildman–Crippen LogP) is 0.361. The summed E-state index contributed by atoms with van der Waals surface area (Å²) in [4.78, 5) is 2.35. The van der Waals surface area contributed by atoms with E-state index in [1.165, 1.54) is 12.8 Å². The summed E-state index contributed by atoms with van der Waals surface area (Å²) in [6, 6.07) is 0. The number of rotatable bonds is 1. The lowest BCUT2D eigenvalue weighted by Gasteiger charge is -2.30. The van der Waals surface area contributed by atoms with Crippen molar-refractivity contribution in [1.82, 2.24) is 4.90 Å². The average Bonchev–Trinajstić information content (AvgIpc) is 2.60. The zero-order chi connectivity index (χ0) is 8.60. The molecule has 0 aromatic rings. The van der Waals surface area contributed by atoms with Gasteiger partial charge in [0.2, 0.25) is 0 Å². The van der Waals surface area contributed by atoms with Crippen LogP contribution in [0, 0.1) is 0 Å². The van der Waals surface area contributed by atoms with Crippen molar-refractivity contribution >= 4 is 5.84 Å². The van der Waals surface area contributed by atoms with E-state index in [0.29, 0.717) is 5.84 Å². The van der Waals surface area contributed by atoms with E-state index in [4.69, 9.17) is 10.9 Å². The van der Waals surface area contributed by atoms with Gasteiger partial charge in [0.1, 0.15) is 0 Å². The van der Waals surface area contributed by atoms with Gasteiger partial charge in [-0.3, -0.25) is 4.90 Å². The summed E-state index contributed by atoms with van der Waals surface area (Å²) in [5.41, 5.74) is 5.64. The first kappa shape index (κ1) is 7.86. The molecular weight excluding hydrogens is 154 g/mol. The van der Waals surface area contributed by atoms with Crippen LogP contribution in [0.25, 0.3) is 0 Å². The van der Waals surface area contributed by atoms with Gasteiger partial charge in [0.15, 0.2) is 5.84 Å². The Balaban J connectivity index is 2.27. The number of hydrogen-bond donors (Lipinski definition) is 2. The van der Waals surface area contributed by atoms with Gasteiger partial charge in [0.25, 0.3) is 0 Å². The van der Waals surface area contributed by atoms with Crippen molar-refractivity contribution in [2.45, 2.75) is 31.2 Å². The Kier molecular flexibility index (Phi) is 1.72. The van der Waals surface area contributed by atoms with Crippen molar-refractivity contribution in [3.05, 3.63) is 0 Å². The molecule has 2 rings (SSSR count). The second kappa shape index (κ2) is 2.62. The third-order valence-electron chi connectivity index (χ3n) is 3.23. The van der Waals surface area contributed by atoms with Gasteiger partial charge in [-0.1, -0.05) is 5.16 Å². The maximum absolute atomic E-state index is 8.67. The highest BCUT2D eigenvalue weighted by Gasteiger charge is 2.47. The average molecular weight is 169 g/mol. The number of hydrogen-bond acceptors (Lipinski definition) is 3. The van der Waals surface area contributed by atoms with Crippen LogP contribution in [0.5, 0.6) is 0 Å². The van der Waals surface area contributed by atoms with Crippen LogP contribution in [-0.2, 0) is 0 Å². The van der Waals surface area contributed by atoms with Gasteiger partial charge in [0.05, 0.1) is 5.54 Å². The summed E-state index contributed by atoms with van der Waals surface area (Å²) in [6.07, 6.45) is 4.47. The number of fused-ring (bicyclic) bond motifs is 1. The minimum absolute atomic E-state index is 0.0747. The second-order valence-electron chi connectivity index (χ2n) is 3.71. The van der Waals surface area contributed by atoms with E-state index in [9.17, 15) is 0 Å². The summed E-state index contributed by atoms with van der Waals surface area (Å²) in [5.74, 6) is 0.414. The Morgan fingerprint density at radius 2 is 1.92 bits per heavy atom. The molecule has 0 unspecified atom stereocenters. The number of amidine groups is 1. The molecule has 0 saturated carbocycles. The fraction of sp³-hybridized carbons (Fsp3) is 0.875. The molecule has 3 N–H and O–H groups in total. The molecule has 68 valence electrons. The highest BCUT2D eigenvalue weighted by atomic mass is 16.4. The van der Waals surface area contributed by atoms with E-state index < -0.39 is 0 Å². The van der Waals surface area contributed by atoms with Crippen LogP contribution in [-0.4, -0.2) is 34.6 Å². The lowest BCUT2D eigenvalue weighted by Crippen LogP contribution is -2.49. The van der Waals surface area contributed by atoms with Crippen molar-refractivity contribution in [2.24, 2.45) is 10.9 Å². The fourth-order valence-electron chi connectivity index (χ4n) is 2.62. The second-order valence-corrected chi connectivity index (χ2v) is 3.71. The number of nitrogens with zero attached hydrogens (tertiary/aromatic N) is 2. The molecule has 2 aliphatic rings. The van der Waals surface area contributed by atoms with Crippen molar-refractivity contribution in [3.8, 4) is 0 Å². The molecule has 0 aliphatic carbocycles. The Labute approximate surface area is 72.0 Å². The highest BCUT2D eigenvalue weighted by Crippen LogP contribution is 2.38. The van der Waals surface area contributed by atoms with Crippen LogP contribution in [0.1, 0.15) is 25.7 Å². The van der Waals surface area contributed by atoms with E-state index in [-0.39, 0.29) is 5.54 Å². The SMILES string of the molecule is NC(=NO)C12CCCN1CCC2. The van der Waals surface area contributed by atoms with E-state index in [1.54, 1.807) is 0 Å². The molecule has 2 fully saturated rings. The lowest BCUT2D eigenvalue weighted by atomic mass is 9.93. The highest BCUT2D eigenvalue weighted by molar-refractivity contribution is 5.90. The van der Waals surface area contributed by atoms with Crippen molar-refractivity contribution in [1.29, 1.82) is 0 Å². The molecular formula is C8H15N3O. The quantitative estimate of drug-likeness (QED) is 0.258. The Morgan fingerprint density at radius 1 is 1.33 bits per heavy atom. The molecule has 0 aromatic carbocycles. The molecule has 0 atom stereocenters. The smallest absolute Gasteiger partial charge is 0.159 e. The molecule has 4 heteroatoms. The summed E-state index contributed by atoms with van der Waals surface area (Å²) in [6.45, 7) is 2.21. The summed E-state index contributed by atoms with van der Waals surface area (Å²) >= 11 is 0. The van der Waals surface area contributed by atoms with Crippen LogP contribution in [0.2, 0.25) is 0 Å². The molecule has 2 aliphatic heterocycles. The van der Waals surface area contributed by atoms with Crippen LogP contribution in [0.4, 0.5) is 0 Å². The molecule has 2 heterocycles. The first-order valence-electron chi connectivity index (χ1n) is 4.53. The van der Waals surface area contributed by atoms with Gasteiger partial charge in [-0.2, -0.15) is 0 Å². The molecule has 0 bridgehead atoms. The molecule has 12 heavy (non-hydrogen) atoms. The Morgan fingerprint density at radius 3 is 2.42 bits per heavy atom. The lowest BCUT2D eigenvalue weighted by molar-refractivity contribution is 0.251. The van der Waals surface area contributed by atoms with Crippen molar-refractivity contribution in [2.75, 3.05) is 13.1 Å². The van der Waals surface area contributed by atoms with Crippen LogP contribution in [0.15, 0.2) is 5.16 Å². The molecule has 4 nitrogen and oxygen atoms in total. The first-order valence-corrected chi connectivity index (χ1v) is 4.53. The van der Waals surface area contributed by atoms with Gasteiger partial charge < -0.3 is 10.9 Å². The first-order chi connectivity index (χ1) is 5.79. The molecule has 2 saturated heterocycles. The predicted molar refractivity (Wildman–Crippen MR) is 46.2 cm³/mol. The van der Waals surface area contributed by atoms with E-state index >= 15 is 0 Å². The van der Waals surface area contributed by atoms with Crippen molar-refractivity contribution < 1.29 is 5.21 Å². The third-order valence-corrected chi connectivity index (χ3v) is 3.23.